The molecule has 1 aliphatic rings. The van der Waals surface area contributed by atoms with Gasteiger partial charge in [0, 0.05) is 5.69 Å². The van der Waals surface area contributed by atoms with Crippen LogP contribution in [0.15, 0.2) is 24.3 Å². The van der Waals surface area contributed by atoms with Crippen LogP contribution in [0.25, 0.3) is 0 Å². The van der Waals surface area contributed by atoms with Crippen LogP contribution < -0.4 is 5.32 Å². The highest BCUT2D eigenvalue weighted by Gasteiger charge is 2.42. The Kier molecular flexibility index (Phi) is 4.31. The van der Waals surface area contributed by atoms with E-state index in [0.717, 1.165) is 12.8 Å². The molecule has 1 aromatic rings. The molecule has 1 saturated carbocycles. The van der Waals surface area contributed by atoms with Gasteiger partial charge < -0.3 is 10.4 Å². The van der Waals surface area contributed by atoms with Crippen molar-refractivity contribution in [1.82, 2.24) is 0 Å². The fraction of sp³-hybridized carbons (Fsp3) is 0.562. The summed E-state index contributed by atoms with van der Waals surface area (Å²) in [5, 5.41) is 12.7. The van der Waals surface area contributed by atoms with Gasteiger partial charge in [0.1, 0.15) is 11.4 Å². The van der Waals surface area contributed by atoms with Gasteiger partial charge >= 0.3 is 5.97 Å². The molecule has 1 aliphatic carbocycles. The van der Waals surface area contributed by atoms with Crippen LogP contribution >= 0.6 is 0 Å². The summed E-state index contributed by atoms with van der Waals surface area (Å²) >= 11 is 0. The number of carboxylic acid groups (broad SMARTS) is 1. The number of halogens is 1. The van der Waals surface area contributed by atoms with Crippen LogP contribution in [0, 0.1) is 17.7 Å². The van der Waals surface area contributed by atoms with E-state index in [0.29, 0.717) is 30.4 Å². The monoisotopic (exact) mass is 279 g/mol. The predicted molar refractivity (Wildman–Crippen MR) is 77.2 cm³/mol. The molecule has 3 nitrogen and oxygen atoms in total. The SMILES string of the molecule is CC(C)C1CCC(Nc2ccc(F)cc2)(C(=O)O)CC1. The summed E-state index contributed by atoms with van der Waals surface area (Å²) in [4.78, 5) is 11.7. The predicted octanol–water partition coefficient (Wildman–Crippen LogP) is 3.91. The third-order valence-corrected chi connectivity index (χ3v) is 4.46. The lowest BCUT2D eigenvalue weighted by atomic mass is 9.72. The largest absolute Gasteiger partial charge is 0.480 e. The van der Waals surface area contributed by atoms with Crippen molar-refractivity contribution in [2.24, 2.45) is 11.8 Å². The van der Waals surface area contributed by atoms with Gasteiger partial charge in [-0.05, 0) is 61.8 Å². The van der Waals surface area contributed by atoms with Crippen molar-refractivity contribution in [3.8, 4) is 0 Å². The van der Waals surface area contributed by atoms with E-state index >= 15 is 0 Å². The van der Waals surface area contributed by atoms with Crippen LogP contribution in [-0.4, -0.2) is 16.6 Å². The molecule has 0 saturated heterocycles. The molecule has 2 rings (SSSR count). The van der Waals surface area contributed by atoms with Crippen LogP contribution in [0.4, 0.5) is 10.1 Å². The summed E-state index contributed by atoms with van der Waals surface area (Å²) in [6.45, 7) is 4.37. The summed E-state index contributed by atoms with van der Waals surface area (Å²) in [5.74, 6) is 0.0533. The minimum Gasteiger partial charge on any atom is -0.480 e. The number of benzene rings is 1. The second kappa shape index (κ2) is 5.81. The second-order valence-electron chi connectivity index (χ2n) is 6.10. The molecule has 1 fully saturated rings. The Labute approximate surface area is 119 Å². The van der Waals surface area contributed by atoms with E-state index in [1.54, 1.807) is 12.1 Å². The minimum absolute atomic E-state index is 0.316. The zero-order valence-electron chi connectivity index (χ0n) is 12.0. The maximum Gasteiger partial charge on any atom is 0.329 e. The molecule has 0 atom stereocenters. The van der Waals surface area contributed by atoms with Gasteiger partial charge in [-0.1, -0.05) is 13.8 Å². The zero-order valence-corrected chi connectivity index (χ0v) is 12.0. The van der Waals surface area contributed by atoms with Gasteiger partial charge in [0.2, 0.25) is 0 Å². The molecule has 2 N–H and O–H groups in total. The first-order chi connectivity index (χ1) is 9.43. The summed E-state index contributed by atoms with van der Waals surface area (Å²) in [5.41, 5.74) is -0.250. The lowest BCUT2D eigenvalue weighted by Crippen LogP contribution is -2.49. The topological polar surface area (TPSA) is 49.3 Å². The molecule has 0 spiro atoms. The van der Waals surface area contributed by atoms with Crippen molar-refractivity contribution in [3.63, 3.8) is 0 Å². The van der Waals surface area contributed by atoms with Gasteiger partial charge in [-0.25, -0.2) is 9.18 Å². The highest BCUT2D eigenvalue weighted by Crippen LogP contribution is 2.38. The molecule has 0 aromatic heterocycles. The molecule has 0 radical (unpaired) electrons. The molecule has 20 heavy (non-hydrogen) atoms. The molecule has 0 bridgehead atoms. The Bertz CT molecular complexity index is 462. The Morgan fingerprint density at radius 3 is 2.30 bits per heavy atom. The van der Waals surface area contributed by atoms with Gasteiger partial charge in [-0.3, -0.25) is 0 Å². The van der Waals surface area contributed by atoms with Crippen molar-refractivity contribution < 1.29 is 14.3 Å². The number of rotatable bonds is 4. The normalized spacial score (nSPS) is 26.5. The third kappa shape index (κ3) is 3.11. The maximum atomic E-state index is 12.9. The smallest absolute Gasteiger partial charge is 0.329 e. The molecule has 0 amide bonds. The van der Waals surface area contributed by atoms with Gasteiger partial charge in [-0.15, -0.1) is 0 Å². The number of aliphatic carboxylic acids is 1. The standard InChI is InChI=1S/C16H22FNO2/c1-11(2)12-7-9-16(10-8-12,15(19)20)18-14-5-3-13(17)4-6-14/h3-6,11-12,18H,7-10H2,1-2H3,(H,19,20). The summed E-state index contributed by atoms with van der Waals surface area (Å²) in [7, 11) is 0. The van der Waals surface area contributed by atoms with Crippen molar-refractivity contribution in [3.05, 3.63) is 30.1 Å². The number of hydrogen-bond acceptors (Lipinski definition) is 2. The van der Waals surface area contributed by atoms with E-state index in [4.69, 9.17) is 0 Å². The Morgan fingerprint density at radius 1 is 1.30 bits per heavy atom. The van der Waals surface area contributed by atoms with Crippen LogP contribution in [0.5, 0.6) is 0 Å². The van der Waals surface area contributed by atoms with Crippen LogP contribution in [0.3, 0.4) is 0 Å². The van der Waals surface area contributed by atoms with E-state index in [-0.39, 0.29) is 5.82 Å². The second-order valence-corrected chi connectivity index (χ2v) is 6.10. The summed E-state index contributed by atoms with van der Waals surface area (Å²) in [6.07, 6.45) is 3.06. The third-order valence-electron chi connectivity index (χ3n) is 4.46. The van der Waals surface area contributed by atoms with Gasteiger partial charge in [0.25, 0.3) is 0 Å². The molecular weight excluding hydrogens is 257 g/mol. The first-order valence-corrected chi connectivity index (χ1v) is 7.20. The molecular formula is C16H22FNO2. The van der Waals surface area contributed by atoms with Crippen molar-refractivity contribution >= 4 is 11.7 Å². The highest BCUT2D eigenvalue weighted by atomic mass is 19.1. The average Bonchev–Trinajstić information content (AvgIpc) is 2.42. The van der Waals surface area contributed by atoms with Crippen LogP contribution in [0.1, 0.15) is 39.5 Å². The highest BCUT2D eigenvalue weighted by molar-refractivity contribution is 5.83. The molecule has 110 valence electrons. The molecule has 1 aromatic carbocycles. The van der Waals surface area contributed by atoms with Crippen molar-refractivity contribution in [2.75, 3.05) is 5.32 Å². The number of carbonyl (C=O) groups is 1. The molecule has 0 aliphatic heterocycles. The zero-order chi connectivity index (χ0) is 14.8. The summed E-state index contributed by atoms with van der Waals surface area (Å²) < 4.78 is 12.9. The van der Waals surface area contributed by atoms with Crippen molar-refractivity contribution in [2.45, 2.75) is 45.1 Å². The Hall–Kier alpha value is -1.58. The number of nitrogens with one attached hydrogen (secondary N) is 1. The molecule has 0 heterocycles. The first-order valence-electron chi connectivity index (χ1n) is 7.20. The molecule has 0 unspecified atom stereocenters. The first kappa shape index (κ1) is 14.8. The number of anilines is 1. The quantitative estimate of drug-likeness (QED) is 0.878. The van der Waals surface area contributed by atoms with Crippen LogP contribution in [-0.2, 0) is 4.79 Å². The van der Waals surface area contributed by atoms with Crippen molar-refractivity contribution in [1.29, 1.82) is 0 Å². The molecule has 4 heteroatoms. The lowest BCUT2D eigenvalue weighted by molar-refractivity contribution is -0.144. The Balaban J connectivity index is 2.12. The summed E-state index contributed by atoms with van der Waals surface area (Å²) in [6, 6.07) is 5.87. The van der Waals surface area contributed by atoms with Gasteiger partial charge in [0.05, 0.1) is 0 Å². The number of carboxylic acids is 1. The van der Waals surface area contributed by atoms with Gasteiger partial charge in [-0.2, -0.15) is 0 Å². The van der Waals surface area contributed by atoms with Gasteiger partial charge in [0.15, 0.2) is 0 Å². The van der Waals surface area contributed by atoms with E-state index in [1.807, 2.05) is 0 Å². The lowest BCUT2D eigenvalue weighted by Gasteiger charge is -2.39. The van der Waals surface area contributed by atoms with E-state index in [9.17, 15) is 14.3 Å². The Morgan fingerprint density at radius 2 is 1.85 bits per heavy atom. The van der Waals surface area contributed by atoms with E-state index in [2.05, 4.69) is 19.2 Å². The average molecular weight is 279 g/mol. The van der Waals surface area contributed by atoms with E-state index < -0.39 is 11.5 Å². The number of hydrogen-bond donors (Lipinski definition) is 2. The fourth-order valence-corrected chi connectivity index (χ4v) is 3.00. The van der Waals surface area contributed by atoms with Crippen LogP contribution in [0.2, 0.25) is 0 Å². The fourth-order valence-electron chi connectivity index (χ4n) is 3.00. The minimum atomic E-state index is -0.913. The maximum absolute atomic E-state index is 12.9. The van der Waals surface area contributed by atoms with E-state index in [1.165, 1.54) is 12.1 Å².